The summed E-state index contributed by atoms with van der Waals surface area (Å²) < 4.78 is 0. The average molecular weight is 179 g/mol. The Balaban J connectivity index is 2.75. The number of rotatable bonds is 2. The number of benzene rings is 1. The van der Waals surface area contributed by atoms with E-state index < -0.39 is 6.03 Å². The minimum atomic E-state index is -0.562. The summed E-state index contributed by atoms with van der Waals surface area (Å²) in [5.41, 5.74) is 12.3. The quantitative estimate of drug-likeness (QED) is 0.637. The van der Waals surface area contributed by atoms with E-state index in [2.05, 4.69) is 5.32 Å². The fourth-order valence-corrected chi connectivity index (χ4v) is 1.01. The topological polar surface area (TPSA) is 81.1 Å². The highest BCUT2D eigenvalue weighted by Gasteiger charge is 1.99. The summed E-state index contributed by atoms with van der Waals surface area (Å²) in [6.07, 6.45) is 0. The first-order valence-electron chi connectivity index (χ1n) is 4.01. The van der Waals surface area contributed by atoms with E-state index in [0.717, 1.165) is 5.56 Å². The van der Waals surface area contributed by atoms with Gasteiger partial charge in [-0.15, -0.1) is 0 Å². The van der Waals surface area contributed by atoms with Crippen LogP contribution in [0.25, 0.3) is 0 Å². The van der Waals surface area contributed by atoms with Gasteiger partial charge in [-0.25, -0.2) is 4.79 Å². The van der Waals surface area contributed by atoms with Crippen LogP contribution in [0, 0.1) is 0 Å². The molecule has 0 aliphatic carbocycles. The molecule has 0 aromatic heterocycles. The van der Waals surface area contributed by atoms with E-state index in [4.69, 9.17) is 11.5 Å². The van der Waals surface area contributed by atoms with Gasteiger partial charge in [0.25, 0.3) is 0 Å². The molecule has 0 spiro atoms. The van der Waals surface area contributed by atoms with E-state index in [1.165, 1.54) is 0 Å². The van der Waals surface area contributed by atoms with Gasteiger partial charge in [-0.2, -0.15) is 0 Å². The van der Waals surface area contributed by atoms with E-state index in [9.17, 15) is 4.79 Å². The Labute approximate surface area is 76.9 Å². The number of carbonyl (C=O) groups excluding carboxylic acids is 1. The minimum absolute atomic E-state index is 0.00243. The smallest absolute Gasteiger partial charge is 0.316 e. The van der Waals surface area contributed by atoms with E-state index in [1.54, 1.807) is 12.1 Å². The van der Waals surface area contributed by atoms with E-state index >= 15 is 0 Å². The van der Waals surface area contributed by atoms with E-state index in [0.29, 0.717) is 5.69 Å². The summed E-state index contributed by atoms with van der Waals surface area (Å²) in [4.78, 5) is 10.5. The summed E-state index contributed by atoms with van der Waals surface area (Å²) in [6.45, 7) is 1.90. The molecule has 70 valence electrons. The lowest BCUT2D eigenvalue weighted by atomic mass is 10.1. The maximum absolute atomic E-state index is 10.5. The number of nitrogens with one attached hydrogen (secondary N) is 1. The summed E-state index contributed by atoms with van der Waals surface area (Å²) in [5, 5.41) is 2.47. The van der Waals surface area contributed by atoms with Crippen molar-refractivity contribution < 1.29 is 4.79 Å². The normalized spacial score (nSPS) is 12.2. The molecule has 0 aliphatic heterocycles. The second-order valence-electron chi connectivity index (χ2n) is 2.90. The number of hydrogen-bond donors (Lipinski definition) is 3. The lowest BCUT2D eigenvalue weighted by molar-refractivity contribution is 0.259. The zero-order valence-electron chi connectivity index (χ0n) is 7.45. The van der Waals surface area contributed by atoms with Crippen molar-refractivity contribution in [3.05, 3.63) is 29.8 Å². The van der Waals surface area contributed by atoms with Crippen LogP contribution < -0.4 is 16.8 Å². The zero-order chi connectivity index (χ0) is 9.84. The number of urea groups is 1. The Morgan fingerprint density at radius 1 is 1.38 bits per heavy atom. The molecule has 13 heavy (non-hydrogen) atoms. The fraction of sp³-hybridized carbons (Fsp3) is 0.222. The van der Waals surface area contributed by atoms with Gasteiger partial charge in [-0.05, 0) is 24.6 Å². The Hall–Kier alpha value is -1.55. The molecule has 1 aromatic carbocycles. The van der Waals surface area contributed by atoms with E-state index in [1.807, 2.05) is 19.1 Å². The van der Waals surface area contributed by atoms with Gasteiger partial charge >= 0.3 is 6.03 Å². The monoisotopic (exact) mass is 179 g/mol. The second kappa shape index (κ2) is 3.91. The average Bonchev–Trinajstić information content (AvgIpc) is 2.04. The highest BCUT2D eigenvalue weighted by atomic mass is 16.2. The van der Waals surface area contributed by atoms with Crippen LogP contribution in [0.2, 0.25) is 0 Å². The predicted molar refractivity (Wildman–Crippen MR) is 52.3 cm³/mol. The van der Waals surface area contributed by atoms with Crippen LogP contribution in [-0.4, -0.2) is 6.03 Å². The molecule has 0 saturated carbocycles. The fourth-order valence-electron chi connectivity index (χ4n) is 1.01. The lowest BCUT2D eigenvalue weighted by Gasteiger charge is -2.06. The van der Waals surface area contributed by atoms with Crippen molar-refractivity contribution in [3.8, 4) is 0 Å². The van der Waals surface area contributed by atoms with Crippen molar-refractivity contribution in [2.45, 2.75) is 13.0 Å². The molecule has 5 N–H and O–H groups in total. The van der Waals surface area contributed by atoms with Crippen molar-refractivity contribution in [1.82, 2.24) is 0 Å². The molecule has 0 bridgehead atoms. The van der Waals surface area contributed by atoms with Gasteiger partial charge in [0, 0.05) is 11.7 Å². The van der Waals surface area contributed by atoms with Gasteiger partial charge < -0.3 is 16.8 Å². The first kappa shape index (κ1) is 9.54. The van der Waals surface area contributed by atoms with Crippen molar-refractivity contribution in [2.75, 3.05) is 5.32 Å². The van der Waals surface area contributed by atoms with Crippen molar-refractivity contribution in [3.63, 3.8) is 0 Å². The van der Waals surface area contributed by atoms with Gasteiger partial charge in [0.15, 0.2) is 0 Å². The molecular weight excluding hydrogens is 166 g/mol. The molecule has 4 heteroatoms. The van der Waals surface area contributed by atoms with Crippen LogP contribution in [-0.2, 0) is 0 Å². The third kappa shape index (κ3) is 2.76. The number of hydrogen-bond acceptors (Lipinski definition) is 2. The molecule has 1 atom stereocenters. The van der Waals surface area contributed by atoms with Crippen LogP contribution in [0.3, 0.4) is 0 Å². The Kier molecular flexibility index (Phi) is 2.87. The Morgan fingerprint density at radius 3 is 2.31 bits per heavy atom. The summed E-state index contributed by atoms with van der Waals surface area (Å²) in [7, 11) is 0. The molecule has 0 saturated heterocycles. The molecule has 0 heterocycles. The highest BCUT2D eigenvalue weighted by Crippen LogP contribution is 2.13. The number of carbonyl (C=O) groups is 1. The molecule has 1 aromatic rings. The molecule has 0 radical (unpaired) electrons. The third-order valence-electron chi connectivity index (χ3n) is 1.70. The zero-order valence-corrected chi connectivity index (χ0v) is 7.45. The molecule has 0 unspecified atom stereocenters. The summed E-state index contributed by atoms with van der Waals surface area (Å²) in [6, 6.07) is 6.69. The lowest BCUT2D eigenvalue weighted by Crippen LogP contribution is -2.19. The van der Waals surface area contributed by atoms with Gasteiger partial charge in [0.05, 0.1) is 0 Å². The van der Waals surface area contributed by atoms with Gasteiger partial charge in [-0.1, -0.05) is 12.1 Å². The molecule has 2 amide bonds. The third-order valence-corrected chi connectivity index (χ3v) is 1.70. The molecule has 1 rings (SSSR count). The first-order chi connectivity index (χ1) is 6.09. The maximum Gasteiger partial charge on any atom is 0.316 e. The highest BCUT2D eigenvalue weighted by molar-refractivity contribution is 5.87. The summed E-state index contributed by atoms with van der Waals surface area (Å²) >= 11 is 0. The largest absolute Gasteiger partial charge is 0.351 e. The SMILES string of the molecule is C[C@@H](N)c1ccc(NC(N)=O)cc1. The van der Waals surface area contributed by atoms with Crippen LogP contribution in [0.4, 0.5) is 10.5 Å². The maximum atomic E-state index is 10.5. The summed E-state index contributed by atoms with van der Waals surface area (Å²) in [5.74, 6) is 0. The van der Waals surface area contributed by atoms with Crippen LogP contribution in [0.5, 0.6) is 0 Å². The number of anilines is 1. The predicted octanol–water partition coefficient (Wildman–Crippen LogP) is 1.20. The van der Waals surface area contributed by atoms with Crippen molar-refractivity contribution in [1.29, 1.82) is 0 Å². The van der Waals surface area contributed by atoms with Gasteiger partial charge in [0.1, 0.15) is 0 Å². The molecular formula is C9H13N3O. The number of primary amides is 1. The standard InChI is InChI=1S/C9H13N3O/c1-6(10)7-2-4-8(5-3-7)12-9(11)13/h2-6H,10H2,1H3,(H3,11,12,13)/t6-/m1/s1. The van der Waals surface area contributed by atoms with Gasteiger partial charge in [0.2, 0.25) is 0 Å². The van der Waals surface area contributed by atoms with Gasteiger partial charge in [-0.3, -0.25) is 0 Å². The van der Waals surface area contributed by atoms with E-state index in [-0.39, 0.29) is 6.04 Å². The Morgan fingerprint density at radius 2 is 1.92 bits per heavy atom. The molecule has 0 fully saturated rings. The van der Waals surface area contributed by atoms with Crippen LogP contribution in [0.15, 0.2) is 24.3 Å². The molecule has 4 nitrogen and oxygen atoms in total. The van der Waals surface area contributed by atoms with Crippen molar-refractivity contribution in [2.24, 2.45) is 11.5 Å². The number of amides is 2. The second-order valence-corrected chi connectivity index (χ2v) is 2.90. The number of nitrogens with two attached hydrogens (primary N) is 2. The minimum Gasteiger partial charge on any atom is -0.351 e. The van der Waals surface area contributed by atoms with Crippen molar-refractivity contribution >= 4 is 11.7 Å². The Bertz CT molecular complexity index is 292. The van der Waals surface area contributed by atoms with Crippen LogP contribution >= 0.6 is 0 Å². The molecule has 0 aliphatic rings. The first-order valence-corrected chi connectivity index (χ1v) is 4.01. The van der Waals surface area contributed by atoms with Crippen LogP contribution in [0.1, 0.15) is 18.5 Å².